The summed E-state index contributed by atoms with van der Waals surface area (Å²) in [6.45, 7) is 1.31. The van der Waals surface area contributed by atoms with E-state index in [1.807, 2.05) is 0 Å². The lowest BCUT2D eigenvalue weighted by atomic mass is 9.99. The zero-order valence-electron chi connectivity index (χ0n) is 9.76. The maximum absolute atomic E-state index is 12.1. The average molecular weight is 272 g/mol. The molecular formula is C11H14ClN3O3. The minimum Gasteiger partial charge on any atom is -0.358 e. The summed E-state index contributed by atoms with van der Waals surface area (Å²) in [5.41, 5.74) is 0.269. The number of aromatic nitrogens is 1. The maximum Gasteiger partial charge on any atom is 0.321 e. The van der Waals surface area contributed by atoms with Crippen molar-refractivity contribution >= 4 is 23.3 Å². The van der Waals surface area contributed by atoms with E-state index in [4.69, 9.17) is 11.6 Å². The van der Waals surface area contributed by atoms with Gasteiger partial charge >= 0.3 is 5.82 Å². The summed E-state index contributed by atoms with van der Waals surface area (Å²) < 4.78 is 0. The molecule has 7 heteroatoms. The maximum atomic E-state index is 12.1. The average Bonchev–Trinajstić information content (AvgIpc) is 2.88. The largest absolute Gasteiger partial charge is 0.358 e. The van der Waals surface area contributed by atoms with Crippen LogP contribution < -0.4 is 0 Å². The van der Waals surface area contributed by atoms with Gasteiger partial charge in [-0.3, -0.25) is 4.79 Å². The third-order valence-corrected chi connectivity index (χ3v) is 3.65. The first kappa shape index (κ1) is 12.9. The van der Waals surface area contributed by atoms with Crippen LogP contribution in [0.15, 0.2) is 12.1 Å². The van der Waals surface area contributed by atoms with Crippen molar-refractivity contribution in [2.45, 2.75) is 12.8 Å². The Morgan fingerprint density at radius 2 is 2.17 bits per heavy atom. The van der Waals surface area contributed by atoms with Gasteiger partial charge in [0.15, 0.2) is 5.69 Å². The van der Waals surface area contributed by atoms with Crippen molar-refractivity contribution in [3.8, 4) is 0 Å². The van der Waals surface area contributed by atoms with Crippen molar-refractivity contribution in [1.82, 2.24) is 9.88 Å². The van der Waals surface area contributed by atoms with Gasteiger partial charge in [-0.1, -0.05) is 0 Å². The van der Waals surface area contributed by atoms with E-state index in [1.165, 1.54) is 12.1 Å². The van der Waals surface area contributed by atoms with Crippen LogP contribution in [0.25, 0.3) is 0 Å². The fraction of sp³-hybridized carbons (Fsp3) is 0.545. The Hall–Kier alpha value is -1.56. The minimum atomic E-state index is -0.545. The highest BCUT2D eigenvalue weighted by molar-refractivity contribution is 6.18. The summed E-state index contributed by atoms with van der Waals surface area (Å²) in [5.74, 6) is 0.745. The number of nitrogens with zero attached hydrogens (tertiary/aromatic N) is 2. The van der Waals surface area contributed by atoms with E-state index >= 15 is 0 Å². The molecule has 2 rings (SSSR count). The quantitative estimate of drug-likeness (QED) is 0.519. The summed E-state index contributed by atoms with van der Waals surface area (Å²) in [5, 5.41) is 10.5. The zero-order valence-corrected chi connectivity index (χ0v) is 10.5. The second-order valence-corrected chi connectivity index (χ2v) is 4.71. The van der Waals surface area contributed by atoms with Gasteiger partial charge < -0.3 is 15.0 Å². The predicted molar refractivity (Wildman–Crippen MR) is 66.8 cm³/mol. The molecule has 0 unspecified atom stereocenters. The highest BCUT2D eigenvalue weighted by Gasteiger charge is 2.26. The van der Waals surface area contributed by atoms with Crippen LogP contribution in [0.3, 0.4) is 0 Å². The minimum absolute atomic E-state index is 0.158. The molecule has 1 fully saturated rings. The van der Waals surface area contributed by atoms with Gasteiger partial charge in [0.05, 0.1) is 0 Å². The summed E-state index contributed by atoms with van der Waals surface area (Å²) in [6, 6.07) is 2.76. The molecule has 1 saturated heterocycles. The number of amides is 1. The lowest BCUT2D eigenvalue weighted by Crippen LogP contribution is -2.39. The smallest absolute Gasteiger partial charge is 0.321 e. The van der Waals surface area contributed by atoms with Crippen LogP contribution in [0.5, 0.6) is 0 Å². The Balaban J connectivity index is 2.01. The Morgan fingerprint density at radius 3 is 2.67 bits per heavy atom. The summed E-state index contributed by atoms with van der Waals surface area (Å²) >= 11 is 5.78. The highest BCUT2D eigenvalue weighted by Crippen LogP contribution is 2.20. The second kappa shape index (κ2) is 5.39. The Labute approximate surface area is 109 Å². The molecule has 98 valence electrons. The SMILES string of the molecule is O=C(c1ccc([N+](=O)[O-])[nH]1)N1CCC(CCl)CC1. The third-order valence-electron chi connectivity index (χ3n) is 3.22. The van der Waals surface area contributed by atoms with Gasteiger partial charge in [0.25, 0.3) is 5.91 Å². The summed E-state index contributed by atoms with van der Waals surface area (Å²) in [7, 11) is 0. The fourth-order valence-corrected chi connectivity index (χ4v) is 2.38. The van der Waals surface area contributed by atoms with Gasteiger partial charge in [0, 0.05) is 25.0 Å². The van der Waals surface area contributed by atoms with Crippen molar-refractivity contribution in [2.75, 3.05) is 19.0 Å². The number of H-pyrrole nitrogens is 1. The van der Waals surface area contributed by atoms with Crippen molar-refractivity contribution in [1.29, 1.82) is 0 Å². The molecule has 1 amide bonds. The van der Waals surface area contributed by atoms with Gasteiger partial charge in [-0.2, -0.15) is 0 Å². The van der Waals surface area contributed by atoms with Gasteiger partial charge in [-0.25, -0.2) is 4.98 Å². The molecule has 0 atom stereocenters. The standard InChI is InChI=1S/C11H14ClN3O3/c12-7-8-3-5-14(6-4-8)11(16)9-1-2-10(13-9)15(17)18/h1-2,8,13H,3-7H2. The Morgan fingerprint density at radius 1 is 1.50 bits per heavy atom. The van der Waals surface area contributed by atoms with Crippen LogP contribution in [0.1, 0.15) is 23.3 Å². The molecular weight excluding hydrogens is 258 g/mol. The van der Waals surface area contributed by atoms with E-state index in [2.05, 4.69) is 4.98 Å². The fourth-order valence-electron chi connectivity index (χ4n) is 2.08. The Kier molecular flexibility index (Phi) is 3.86. The van der Waals surface area contributed by atoms with E-state index in [0.717, 1.165) is 12.8 Å². The Bertz CT molecular complexity index is 452. The number of likely N-dealkylation sites (tertiary alicyclic amines) is 1. The van der Waals surface area contributed by atoms with Crippen molar-refractivity contribution in [3.63, 3.8) is 0 Å². The van der Waals surface area contributed by atoms with E-state index in [1.54, 1.807) is 4.90 Å². The number of nitro groups is 1. The van der Waals surface area contributed by atoms with Crippen LogP contribution in [0, 0.1) is 16.0 Å². The van der Waals surface area contributed by atoms with Crippen molar-refractivity contribution in [3.05, 3.63) is 27.9 Å². The number of alkyl halides is 1. The van der Waals surface area contributed by atoms with Crippen LogP contribution in [-0.4, -0.2) is 39.7 Å². The normalized spacial score (nSPS) is 16.8. The highest BCUT2D eigenvalue weighted by atomic mass is 35.5. The summed E-state index contributed by atoms with van der Waals surface area (Å²) in [6.07, 6.45) is 1.77. The van der Waals surface area contributed by atoms with E-state index < -0.39 is 4.92 Å². The molecule has 1 aliphatic heterocycles. The molecule has 6 nitrogen and oxygen atoms in total. The van der Waals surface area contributed by atoms with Crippen LogP contribution in [-0.2, 0) is 0 Å². The van der Waals surface area contributed by atoms with E-state index in [0.29, 0.717) is 24.9 Å². The molecule has 1 aromatic heterocycles. The number of piperidine rings is 1. The number of hydrogen-bond donors (Lipinski definition) is 1. The molecule has 0 bridgehead atoms. The van der Waals surface area contributed by atoms with Gasteiger partial charge in [-0.05, 0) is 29.7 Å². The van der Waals surface area contributed by atoms with Crippen LogP contribution in [0.2, 0.25) is 0 Å². The van der Waals surface area contributed by atoms with Gasteiger partial charge in [-0.15, -0.1) is 11.6 Å². The van der Waals surface area contributed by atoms with Crippen LogP contribution >= 0.6 is 11.6 Å². The lowest BCUT2D eigenvalue weighted by molar-refractivity contribution is -0.389. The molecule has 0 aromatic carbocycles. The first-order valence-corrected chi connectivity index (χ1v) is 6.34. The molecule has 1 N–H and O–H groups in total. The molecule has 0 radical (unpaired) electrons. The number of rotatable bonds is 3. The number of carbonyl (C=O) groups excluding carboxylic acids is 1. The molecule has 0 aliphatic carbocycles. The molecule has 1 aliphatic rings. The second-order valence-electron chi connectivity index (χ2n) is 4.40. The van der Waals surface area contributed by atoms with Gasteiger partial charge in [0.1, 0.15) is 0 Å². The predicted octanol–water partition coefficient (Wildman–Crippen LogP) is 2.01. The monoisotopic (exact) mass is 271 g/mol. The number of nitrogens with one attached hydrogen (secondary N) is 1. The molecule has 1 aromatic rings. The molecule has 18 heavy (non-hydrogen) atoms. The first-order chi connectivity index (χ1) is 8.61. The molecule has 0 saturated carbocycles. The van der Waals surface area contributed by atoms with Crippen molar-refractivity contribution in [2.24, 2.45) is 5.92 Å². The van der Waals surface area contributed by atoms with Crippen molar-refractivity contribution < 1.29 is 9.72 Å². The third kappa shape index (κ3) is 2.64. The molecule has 2 heterocycles. The number of hydrogen-bond acceptors (Lipinski definition) is 3. The first-order valence-electron chi connectivity index (χ1n) is 5.80. The lowest BCUT2D eigenvalue weighted by Gasteiger charge is -2.30. The van der Waals surface area contributed by atoms with Crippen LogP contribution in [0.4, 0.5) is 5.82 Å². The molecule has 0 spiro atoms. The van der Waals surface area contributed by atoms with E-state index in [-0.39, 0.29) is 17.4 Å². The topological polar surface area (TPSA) is 79.2 Å². The number of halogens is 1. The zero-order chi connectivity index (χ0) is 13.1. The van der Waals surface area contributed by atoms with Gasteiger partial charge in [0.2, 0.25) is 0 Å². The van der Waals surface area contributed by atoms with E-state index in [9.17, 15) is 14.9 Å². The number of aromatic amines is 1. The summed E-state index contributed by atoms with van der Waals surface area (Å²) in [4.78, 5) is 26.3. The number of carbonyl (C=O) groups is 1.